The summed E-state index contributed by atoms with van der Waals surface area (Å²) in [5, 5.41) is 13.8. The summed E-state index contributed by atoms with van der Waals surface area (Å²) >= 11 is 10.5. The maximum absolute atomic E-state index is 5.26. The Morgan fingerprint density at radius 1 is 0.800 bits per heavy atom. The number of rotatable bonds is 4. The Bertz CT molecular complexity index is 429. The lowest BCUT2D eigenvalue weighted by Crippen LogP contribution is -2.35. The van der Waals surface area contributed by atoms with E-state index in [-0.39, 0.29) is 0 Å². The lowest BCUT2D eigenvalue weighted by atomic mass is 10.2. The van der Waals surface area contributed by atoms with Crippen molar-refractivity contribution in [3.63, 3.8) is 0 Å². The van der Waals surface area contributed by atoms with Gasteiger partial charge in [0.15, 0.2) is 10.2 Å². The average molecular weight is 310 g/mol. The molecule has 0 heterocycles. The molecule has 110 valence electrons. The second kappa shape index (κ2) is 8.01. The van der Waals surface area contributed by atoms with Crippen molar-refractivity contribution in [1.29, 1.82) is 0 Å². The fraction of sp³-hybridized carbons (Fsp3) is 0.429. The van der Waals surface area contributed by atoms with Gasteiger partial charge < -0.3 is 21.3 Å². The number of hydrogen-bond donors (Lipinski definition) is 4. The molecular formula is C14H22N4S2. The third-order valence-electron chi connectivity index (χ3n) is 2.26. The molecule has 0 saturated carbocycles. The van der Waals surface area contributed by atoms with Crippen LogP contribution >= 0.6 is 24.4 Å². The van der Waals surface area contributed by atoms with E-state index in [1.807, 2.05) is 52.0 Å². The zero-order valence-electron chi connectivity index (χ0n) is 12.3. The Hall–Kier alpha value is -1.40. The van der Waals surface area contributed by atoms with E-state index in [0.717, 1.165) is 11.4 Å². The fourth-order valence-electron chi connectivity index (χ4n) is 1.54. The van der Waals surface area contributed by atoms with Crippen molar-refractivity contribution in [3.05, 3.63) is 24.3 Å². The van der Waals surface area contributed by atoms with Crippen LogP contribution in [0.5, 0.6) is 0 Å². The molecular weight excluding hydrogens is 288 g/mol. The molecule has 0 radical (unpaired) electrons. The Labute approximate surface area is 131 Å². The van der Waals surface area contributed by atoms with E-state index in [0.29, 0.717) is 22.3 Å². The van der Waals surface area contributed by atoms with Crippen LogP contribution in [0, 0.1) is 0 Å². The van der Waals surface area contributed by atoms with Crippen LogP contribution in [0.15, 0.2) is 24.3 Å². The second-order valence-corrected chi connectivity index (χ2v) is 5.87. The number of thiocarbonyl (C=S) groups is 2. The first-order chi connectivity index (χ1) is 9.38. The van der Waals surface area contributed by atoms with Crippen molar-refractivity contribution in [2.75, 3.05) is 10.6 Å². The van der Waals surface area contributed by atoms with E-state index in [4.69, 9.17) is 24.4 Å². The highest BCUT2D eigenvalue weighted by atomic mass is 32.1. The van der Waals surface area contributed by atoms with Crippen LogP contribution in [0.1, 0.15) is 27.7 Å². The van der Waals surface area contributed by atoms with Gasteiger partial charge in [-0.2, -0.15) is 0 Å². The summed E-state index contributed by atoms with van der Waals surface area (Å²) in [4.78, 5) is 0. The van der Waals surface area contributed by atoms with Gasteiger partial charge in [-0.1, -0.05) is 12.1 Å². The van der Waals surface area contributed by atoms with Crippen LogP contribution in [0.4, 0.5) is 11.4 Å². The monoisotopic (exact) mass is 310 g/mol. The Morgan fingerprint density at radius 3 is 1.45 bits per heavy atom. The van der Waals surface area contributed by atoms with Crippen LogP contribution in [-0.2, 0) is 0 Å². The van der Waals surface area contributed by atoms with Gasteiger partial charge in [-0.05, 0) is 64.3 Å². The van der Waals surface area contributed by atoms with Crippen molar-refractivity contribution in [3.8, 4) is 0 Å². The Kier molecular flexibility index (Phi) is 6.67. The lowest BCUT2D eigenvalue weighted by molar-refractivity contribution is 0.738. The Morgan fingerprint density at radius 2 is 1.15 bits per heavy atom. The summed E-state index contributed by atoms with van der Waals surface area (Å²) in [6.45, 7) is 8.17. The van der Waals surface area contributed by atoms with Crippen LogP contribution in [0.2, 0.25) is 0 Å². The third kappa shape index (κ3) is 6.16. The summed E-state index contributed by atoms with van der Waals surface area (Å²) < 4.78 is 0. The molecule has 0 aliphatic rings. The van der Waals surface area contributed by atoms with E-state index < -0.39 is 0 Å². The third-order valence-corrected chi connectivity index (χ3v) is 2.70. The van der Waals surface area contributed by atoms with Crippen molar-refractivity contribution in [2.45, 2.75) is 39.8 Å². The van der Waals surface area contributed by atoms with Gasteiger partial charge in [-0.3, -0.25) is 0 Å². The highest BCUT2D eigenvalue weighted by molar-refractivity contribution is 7.80. The van der Waals surface area contributed by atoms with E-state index in [1.54, 1.807) is 0 Å². The minimum atomic E-state index is 0.291. The van der Waals surface area contributed by atoms with E-state index in [1.165, 1.54) is 0 Å². The van der Waals surface area contributed by atoms with Crippen LogP contribution < -0.4 is 21.3 Å². The van der Waals surface area contributed by atoms with Crippen LogP contribution in [0.3, 0.4) is 0 Å². The zero-order valence-corrected chi connectivity index (χ0v) is 13.9. The van der Waals surface area contributed by atoms with E-state index >= 15 is 0 Å². The van der Waals surface area contributed by atoms with Gasteiger partial charge >= 0.3 is 0 Å². The fourth-order valence-corrected chi connectivity index (χ4v) is 2.23. The van der Waals surface area contributed by atoms with Gasteiger partial charge in [0.05, 0.1) is 11.4 Å². The second-order valence-electron chi connectivity index (χ2n) is 5.05. The first-order valence-electron chi connectivity index (χ1n) is 6.62. The maximum Gasteiger partial charge on any atom is 0.171 e. The molecule has 0 saturated heterocycles. The topological polar surface area (TPSA) is 48.1 Å². The molecule has 0 aromatic heterocycles. The summed E-state index contributed by atoms with van der Waals surface area (Å²) in [5.74, 6) is 0. The van der Waals surface area contributed by atoms with Gasteiger partial charge in [0.1, 0.15) is 0 Å². The van der Waals surface area contributed by atoms with Gasteiger partial charge in [0.2, 0.25) is 0 Å². The minimum Gasteiger partial charge on any atom is -0.360 e. The quantitative estimate of drug-likeness (QED) is 0.641. The first kappa shape index (κ1) is 16.7. The van der Waals surface area contributed by atoms with E-state index in [2.05, 4.69) is 21.3 Å². The molecule has 1 aromatic carbocycles. The molecule has 20 heavy (non-hydrogen) atoms. The molecule has 4 nitrogen and oxygen atoms in total. The van der Waals surface area contributed by atoms with Crippen molar-refractivity contribution >= 4 is 46.0 Å². The molecule has 0 bridgehead atoms. The number of anilines is 2. The summed E-state index contributed by atoms with van der Waals surface area (Å²) in [5.41, 5.74) is 1.78. The molecule has 0 atom stereocenters. The van der Waals surface area contributed by atoms with Gasteiger partial charge in [0.25, 0.3) is 0 Å². The Balaban J connectivity index is 2.73. The number of nitrogens with one attached hydrogen (secondary N) is 4. The predicted molar refractivity (Wildman–Crippen MR) is 95.4 cm³/mol. The summed E-state index contributed by atoms with van der Waals surface area (Å²) in [6.07, 6.45) is 0. The summed E-state index contributed by atoms with van der Waals surface area (Å²) in [7, 11) is 0. The molecule has 0 unspecified atom stereocenters. The SMILES string of the molecule is CC(C)NC(=S)Nc1ccccc1NC(=S)NC(C)C. The van der Waals surface area contributed by atoms with Crippen LogP contribution in [-0.4, -0.2) is 22.3 Å². The highest BCUT2D eigenvalue weighted by Gasteiger charge is 2.06. The molecule has 0 amide bonds. The van der Waals surface area contributed by atoms with Gasteiger partial charge in [-0.25, -0.2) is 0 Å². The van der Waals surface area contributed by atoms with Crippen molar-refractivity contribution in [1.82, 2.24) is 10.6 Å². The molecule has 1 rings (SSSR count). The standard InChI is InChI=1S/C14H22N4S2/c1-9(2)15-13(19)17-11-7-5-6-8-12(11)18-14(20)16-10(3)4/h5-10H,1-4H3,(H2,15,17,19)(H2,16,18,20). The normalized spacial score (nSPS) is 10.3. The highest BCUT2D eigenvalue weighted by Crippen LogP contribution is 2.20. The van der Waals surface area contributed by atoms with Crippen molar-refractivity contribution in [2.24, 2.45) is 0 Å². The molecule has 0 aliphatic carbocycles. The number of hydrogen-bond acceptors (Lipinski definition) is 2. The maximum atomic E-state index is 5.26. The van der Waals surface area contributed by atoms with Crippen molar-refractivity contribution < 1.29 is 0 Å². The minimum absolute atomic E-state index is 0.291. The number of benzene rings is 1. The molecule has 6 heteroatoms. The summed E-state index contributed by atoms with van der Waals surface area (Å²) in [6, 6.07) is 8.38. The average Bonchev–Trinajstić information content (AvgIpc) is 2.29. The smallest absolute Gasteiger partial charge is 0.171 e. The number of para-hydroxylation sites is 2. The zero-order chi connectivity index (χ0) is 15.1. The van der Waals surface area contributed by atoms with E-state index in [9.17, 15) is 0 Å². The van der Waals surface area contributed by atoms with Gasteiger partial charge in [0, 0.05) is 12.1 Å². The molecule has 4 N–H and O–H groups in total. The predicted octanol–water partition coefficient (Wildman–Crippen LogP) is 3.08. The molecule has 1 aromatic rings. The lowest BCUT2D eigenvalue weighted by Gasteiger charge is -2.18. The van der Waals surface area contributed by atoms with Gasteiger partial charge in [-0.15, -0.1) is 0 Å². The first-order valence-corrected chi connectivity index (χ1v) is 7.44. The largest absolute Gasteiger partial charge is 0.360 e. The molecule has 0 fully saturated rings. The van der Waals surface area contributed by atoms with Crippen LogP contribution in [0.25, 0.3) is 0 Å². The molecule has 0 spiro atoms. The molecule has 0 aliphatic heterocycles.